The van der Waals surface area contributed by atoms with E-state index < -0.39 is 6.16 Å². The second-order valence-corrected chi connectivity index (χ2v) is 8.03. The summed E-state index contributed by atoms with van der Waals surface area (Å²) in [6, 6.07) is 26.0. The summed E-state index contributed by atoms with van der Waals surface area (Å²) in [5, 5.41) is 4.88. The summed E-state index contributed by atoms with van der Waals surface area (Å²) < 4.78 is 11.4. The standard InChI is InChI=1S/C25H16O3/c26-25-27-23-21-17-9-13-5-1-2-6-14(13)10-18(17)22(24(23)28-25)20-12-16-8-4-3-7-15(16)11-19(20)21/h1-12,21-24H. The Kier molecular flexibility index (Phi) is 2.59. The molecule has 1 heterocycles. The highest BCUT2D eigenvalue weighted by atomic mass is 16.8. The molecule has 0 saturated carbocycles. The Hall–Kier alpha value is -3.33. The summed E-state index contributed by atoms with van der Waals surface area (Å²) in [7, 11) is 0. The van der Waals surface area contributed by atoms with E-state index in [4.69, 9.17) is 9.47 Å². The fourth-order valence-corrected chi connectivity index (χ4v) is 5.57. The van der Waals surface area contributed by atoms with Crippen molar-refractivity contribution in [3.63, 3.8) is 0 Å². The van der Waals surface area contributed by atoms with Crippen molar-refractivity contribution in [1.82, 2.24) is 0 Å². The molecule has 28 heavy (non-hydrogen) atoms. The normalized spacial score (nSPS) is 26.5. The van der Waals surface area contributed by atoms with E-state index in [1.165, 1.54) is 43.8 Å². The summed E-state index contributed by atoms with van der Waals surface area (Å²) in [5.74, 6) is 0.0290. The zero-order chi connectivity index (χ0) is 18.4. The molecule has 4 aromatic rings. The Balaban J connectivity index is 1.58. The maximum Gasteiger partial charge on any atom is 0.509 e. The van der Waals surface area contributed by atoms with Crippen molar-refractivity contribution in [2.24, 2.45) is 0 Å². The van der Waals surface area contributed by atoms with Crippen molar-refractivity contribution < 1.29 is 14.3 Å². The van der Waals surface area contributed by atoms with E-state index in [1.54, 1.807) is 0 Å². The summed E-state index contributed by atoms with van der Waals surface area (Å²) in [4.78, 5) is 12.1. The van der Waals surface area contributed by atoms with E-state index in [1.807, 2.05) is 0 Å². The van der Waals surface area contributed by atoms with Crippen molar-refractivity contribution in [3.05, 3.63) is 95.1 Å². The topological polar surface area (TPSA) is 35.5 Å². The number of hydrogen-bond acceptors (Lipinski definition) is 3. The van der Waals surface area contributed by atoms with Crippen LogP contribution < -0.4 is 0 Å². The minimum atomic E-state index is -0.542. The van der Waals surface area contributed by atoms with Gasteiger partial charge in [-0.3, -0.25) is 0 Å². The number of carbonyl (C=O) groups is 1. The Morgan fingerprint density at radius 3 is 1.18 bits per heavy atom. The molecule has 3 aliphatic carbocycles. The van der Waals surface area contributed by atoms with Gasteiger partial charge >= 0.3 is 6.16 Å². The van der Waals surface area contributed by atoms with Crippen LogP contribution in [-0.4, -0.2) is 18.4 Å². The van der Waals surface area contributed by atoms with Crippen LogP contribution in [0.2, 0.25) is 0 Å². The van der Waals surface area contributed by atoms with Crippen LogP contribution in [0.15, 0.2) is 72.8 Å². The molecule has 4 aliphatic rings. The molecule has 1 aliphatic heterocycles. The Bertz CT molecular complexity index is 1140. The van der Waals surface area contributed by atoms with Gasteiger partial charge in [-0.05, 0) is 43.8 Å². The number of benzene rings is 4. The Morgan fingerprint density at radius 2 is 0.857 bits per heavy atom. The summed E-state index contributed by atoms with van der Waals surface area (Å²) in [5.41, 5.74) is 5.08. The molecule has 134 valence electrons. The smallest absolute Gasteiger partial charge is 0.426 e. The van der Waals surface area contributed by atoms with Gasteiger partial charge in [0.15, 0.2) is 12.2 Å². The van der Waals surface area contributed by atoms with E-state index in [2.05, 4.69) is 72.8 Å². The van der Waals surface area contributed by atoms with Crippen LogP contribution in [0.4, 0.5) is 4.79 Å². The van der Waals surface area contributed by atoms with Gasteiger partial charge in [0.05, 0.1) is 11.8 Å². The van der Waals surface area contributed by atoms with Crippen LogP contribution in [0.1, 0.15) is 34.1 Å². The molecule has 2 bridgehead atoms. The molecule has 0 radical (unpaired) electrons. The number of hydrogen-bond donors (Lipinski definition) is 0. The lowest BCUT2D eigenvalue weighted by atomic mass is 9.60. The highest BCUT2D eigenvalue weighted by molar-refractivity contribution is 5.89. The van der Waals surface area contributed by atoms with E-state index in [0.717, 1.165) is 0 Å². The van der Waals surface area contributed by atoms with Crippen LogP contribution in [0.5, 0.6) is 0 Å². The monoisotopic (exact) mass is 364 g/mol. The molecule has 0 aromatic heterocycles. The molecular formula is C25H16O3. The lowest BCUT2D eigenvalue weighted by Gasteiger charge is -2.45. The maximum absolute atomic E-state index is 12.1. The molecular weight excluding hydrogens is 348 g/mol. The van der Waals surface area contributed by atoms with Gasteiger partial charge in [-0.1, -0.05) is 72.8 Å². The first kappa shape index (κ1) is 14.7. The molecule has 8 rings (SSSR count). The van der Waals surface area contributed by atoms with Gasteiger partial charge in [-0.25, -0.2) is 4.79 Å². The minimum Gasteiger partial charge on any atom is -0.426 e. The first-order valence-electron chi connectivity index (χ1n) is 9.70. The number of fused-ring (bicyclic) bond motifs is 2. The second-order valence-electron chi connectivity index (χ2n) is 8.03. The quantitative estimate of drug-likeness (QED) is 0.387. The maximum atomic E-state index is 12.1. The highest BCUT2D eigenvalue weighted by Crippen LogP contribution is 2.57. The highest BCUT2D eigenvalue weighted by Gasteiger charge is 2.57. The van der Waals surface area contributed by atoms with E-state index in [9.17, 15) is 4.79 Å². The van der Waals surface area contributed by atoms with Crippen molar-refractivity contribution >= 4 is 27.7 Å². The first-order chi connectivity index (χ1) is 13.8. The first-order valence-corrected chi connectivity index (χ1v) is 9.70. The predicted molar refractivity (Wildman–Crippen MR) is 107 cm³/mol. The predicted octanol–water partition coefficient (Wildman–Crippen LogP) is 5.49. The van der Waals surface area contributed by atoms with Gasteiger partial charge in [0.1, 0.15) is 0 Å². The fourth-order valence-electron chi connectivity index (χ4n) is 5.57. The fraction of sp³-hybridized carbons (Fsp3) is 0.160. The van der Waals surface area contributed by atoms with Crippen molar-refractivity contribution in [2.75, 3.05) is 0 Å². The molecule has 0 amide bonds. The molecule has 0 spiro atoms. The average Bonchev–Trinajstić information content (AvgIpc) is 3.11. The number of rotatable bonds is 0. The molecule has 4 aromatic carbocycles. The molecule has 2 atom stereocenters. The summed E-state index contributed by atoms with van der Waals surface area (Å²) >= 11 is 0. The van der Waals surface area contributed by atoms with Crippen LogP contribution in [0, 0.1) is 0 Å². The lowest BCUT2D eigenvalue weighted by molar-refractivity contribution is 0.103. The van der Waals surface area contributed by atoms with Crippen LogP contribution in [0.25, 0.3) is 21.5 Å². The SMILES string of the molecule is O=C1OC2C3c4cc5ccccc5cc4C(c4cc5ccccc5cc43)C2O1. The van der Waals surface area contributed by atoms with Crippen LogP contribution >= 0.6 is 0 Å². The molecule has 3 heteroatoms. The van der Waals surface area contributed by atoms with Gasteiger partial charge < -0.3 is 9.47 Å². The van der Waals surface area contributed by atoms with E-state index >= 15 is 0 Å². The van der Waals surface area contributed by atoms with Gasteiger partial charge in [0, 0.05) is 0 Å². The molecule has 3 nitrogen and oxygen atoms in total. The largest absolute Gasteiger partial charge is 0.509 e. The minimum absolute atomic E-state index is 0.0145. The lowest BCUT2D eigenvalue weighted by Crippen LogP contribution is -2.45. The van der Waals surface area contributed by atoms with Gasteiger partial charge in [0.2, 0.25) is 0 Å². The summed E-state index contributed by atoms with van der Waals surface area (Å²) in [6.07, 6.45) is -1.04. The van der Waals surface area contributed by atoms with Crippen molar-refractivity contribution in [3.8, 4) is 0 Å². The Labute approximate surface area is 161 Å². The van der Waals surface area contributed by atoms with Crippen molar-refractivity contribution in [1.29, 1.82) is 0 Å². The Morgan fingerprint density at radius 1 is 0.536 bits per heavy atom. The third kappa shape index (κ3) is 1.72. The molecule has 2 unspecified atom stereocenters. The number of ether oxygens (including phenoxy) is 2. The van der Waals surface area contributed by atoms with Crippen LogP contribution in [-0.2, 0) is 9.47 Å². The number of carbonyl (C=O) groups excluding carboxylic acids is 1. The molecule has 0 N–H and O–H groups in total. The third-order valence-electron chi connectivity index (χ3n) is 6.69. The summed E-state index contributed by atoms with van der Waals surface area (Å²) in [6.45, 7) is 0. The third-order valence-corrected chi connectivity index (χ3v) is 6.69. The van der Waals surface area contributed by atoms with Gasteiger partial charge in [-0.2, -0.15) is 0 Å². The van der Waals surface area contributed by atoms with Crippen LogP contribution in [0.3, 0.4) is 0 Å². The van der Waals surface area contributed by atoms with E-state index in [0.29, 0.717) is 0 Å². The zero-order valence-corrected chi connectivity index (χ0v) is 15.0. The van der Waals surface area contributed by atoms with Crippen molar-refractivity contribution in [2.45, 2.75) is 24.0 Å². The van der Waals surface area contributed by atoms with Gasteiger partial charge in [-0.15, -0.1) is 0 Å². The molecule has 1 fully saturated rings. The van der Waals surface area contributed by atoms with Gasteiger partial charge in [0.25, 0.3) is 0 Å². The molecule has 1 saturated heterocycles. The average molecular weight is 364 g/mol. The van der Waals surface area contributed by atoms with E-state index in [-0.39, 0.29) is 24.0 Å². The second kappa shape index (κ2) is 4.93. The zero-order valence-electron chi connectivity index (χ0n) is 15.0.